The molecule has 1 aromatic carbocycles. The maximum Gasteiger partial charge on any atom is 0.270 e. The van der Waals surface area contributed by atoms with E-state index in [2.05, 4.69) is 10.3 Å². The summed E-state index contributed by atoms with van der Waals surface area (Å²) in [4.78, 5) is 26.2. The molecule has 0 unspecified atom stereocenters. The van der Waals surface area contributed by atoms with Crippen molar-refractivity contribution in [1.29, 1.82) is 0 Å². The van der Waals surface area contributed by atoms with Crippen LogP contribution in [0.25, 0.3) is 0 Å². The number of aromatic nitrogens is 1. The molecule has 122 valence electrons. The molecule has 0 aliphatic rings. The summed E-state index contributed by atoms with van der Waals surface area (Å²) in [6.45, 7) is 4.85. The Morgan fingerprint density at radius 3 is 2.70 bits per heavy atom. The molecule has 7 nitrogen and oxygen atoms in total. The molecule has 23 heavy (non-hydrogen) atoms. The quantitative estimate of drug-likeness (QED) is 0.620. The number of nitrogens with zero attached hydrogens (tertiary/aromatic N) is 2. The van der Waals surface area contributed by atoms with Crippen LogP contribution >= 0.6 is 11.3 Å². The van der Waals surface area contributed by atoms with E-state index in [1.54, 1.807) is 5.38 Å². The molecule has 1 aromatic heterocycles. The lowest BCUT2D eigenvalue weighted by Gasteiger charge is -2.05. The van der Waals surface area contributed by atoms with Gasteiger partial charge in [0.25, 0.3) is 11.6 Å². The maximum atomic E-state index is 11.9. The van der Waals surface area contributed by atoms with Crippen molar-refractivity contribution in [3.05, 3.63) is 50.5 Å². The molecule has 0 radical (unpaired) electrons. The number of carbonyl (C=O) groups is 1. The third kappa shape index (κ3) is 5.03. The summed E-state index contributed by atoms with van der Waals surface area (Å²) >= 11 is 1.33. The first-order valence-corrected chi connectivity index (χ1v) is 7.93. The van der Waals surface area contributed by atoms with Gasteiger partial charge >= 0.3 is 0 Å². The van der Waals surface area contributed by atoms with Gasteiger partial charge in [0.2, 0.25) is 0 Å². The smallest absolute Gasteiger partial charge is 0.270 e. The summed E-state index contributed by atoms with van der Waals surface area (Å²) in [6, 6.07) is 5.81. The molecule has 1 N–H and O–H groups in total. The molecule has 2 aromatic rings. The summed E-state index contributed by atoms with van der Waals surface area (Å²) in [5, 5.41) is 15.7. The number of thiazole rings is 1. The van der Waals surface area contributed by atoms with E-state index in [1.165, 1.54) is 35.6 Å². The molecule has 0 atom stereocenters. The zero-order valence-electron chi connectivity index (χ0n) is 12.8. The number of ether oxygens (including phenoxy) is 1. The SMILES string of the molecule is CC(C)CNC(=O)c1csc(COc2ccc([N+](=O)[O-])cc2)n1. The Bertz CT molecular complexity index is 682. The third-order valence-corrected chi connectivity index (χ3v) is 3.69. The number of amides is 1. The fourth-order valence-electron chi connectivity index (χ4n) is 1.68. The van der Waals surface area contributed by atoms with Gasteiger partial charge in [0.15, 0.2) is 0 Å². The van der Waals surface area contributed by atoms with Crippen molar-refractivity contribution in [3.8, 4) is 5.75 Å². The first-order valence-electron chi connectivity index (χ1n) is 7.05. The fourth-order valence-corrected chi connectivity index (χ4v) is 2.36. The second-order valence-corrected chi connectivity index (χ2v) is 6.21. The van der Waals surface area contributed by atoms with Crippen molar-refractivity contribution in [3.63, 3.8) is 0 Å². The van der Waals surface area contributed by atoms with Crippen LogP contribution in [0.1, 0.15) is 29.3 Å². The number of carbonyl (C=O) groups excluding carboxylic acids is 1. The standard InChI is InChI=1S/C15H17N3O4S/c1-10(2)7-16-15(19)13-9-23-14(17-13)8-22-12-5-3-11(4-6-12)18(20)21/h3-6,9-10H,7-8H2,1-2H3,(H,16,19). The largest absolute Gasteiger partial charge is 0.486 e. The minimum atomic E-state index is -0.466. The number of rotatable bonds is 7. The van der Waals surface area contributed by atoms with Crippen LogP contribution in [0, 0.1) is 16.0 Å². The Hall–Kier alpha value is -2.48. The van der Waals surface area contributed by atoms with Crippen molar-refractivity contribution in [1.82, 2.24) is 10.3 Å². The fraction of sp³-hybridized carbons (Fsp3) is 0.333. The van der Waals surface area contributed by atoms with E-state index >= 15 is 0 Å². The van der Waals surface area contributed by atoms with E-state index in [-0.39, 0.29) is 18.2 Å². The maximum absolute atomic E-state index is 11.9. The monoisotopic (exact) mass is 335 g/mol. The molecule has 0 saturated carbocycles. The summed E-state index contributed by atoms with van der Waals surface area (Å²) in [7, 11) is 0. The second-order valence-electron chi connectivity index (χ2n) is 5.27. The third-order valence-electron chi connectivity index (χ3n) is 2.87. The molecule has 0 aliphatic carbocycles. The number of hydrogen-bond donors (Lipinski definition) is 1. The van der Waals surface area contributed by atoms with Gasteiger partial charge in [-0.15, -0.1) is 11.3 Å². The second kappa shape index (κ2) is 7.68. The Morgan fingerprint density at radius 2 is 2.09 bits per heavy atom. The Kier molecular flexibility index (Phi) is 5.64. The molecular weight excluding hydrogens is 318 g/mol. The molecule has 8 heteroatoms. The van der Waals surface area contributed by atoms with Crippen LogP contribution in [0.3, 0.4) is 0 Å². The zero-order chi connectivity index (χ0) is 16.8. The molecule has 0 aliphatic heterocycles. The molecule has 1 heterocycles. The summed E-state index contributed by atoms with van der Waals surface area (Å²) in [5.74, 6) is 0.690. The zero-order valence-corrected chi connectivity index (χ0v) is 13.6. The van der Waals surface area contributed by atoms with Gasteiger partial charge in [-0.1, -0.05) is 13.8 Å². The van der Waals surface area contributed by atoms with Crippen molar-refractivity contribution in [2.24, 2.45) is 5.92 Å². The minimum Gasteiger partial charge on any atom is -0.486 e. The van der Waals surface area contributed by atoms with Crippen molar-refractivity contribution < 1.29 is 14.5 Å². The van der Waals surface area contributed by atoms with E-state index in [0.717, 1.165) is 0 Å². The van der Waals surface area contributed by atoms with Crippen molar-refractivity contribution in [2.45, 2.75) is 20.5 Å². The average Bonchev–Trinajstić information content (AvgIpc) is 3.00. The number of nitro benzene ring substituents is 1. The lowest BCUT2D eigenvalue weighted by atomic mass is 10.2. The van der Waals surface area contributed by atoms with E-state index in [9.17, 15) is 14.9 Å². The number of hydrogen-bond acceptors (Lipinski definition) is 6. The highest BCUT2D eigenvalue weighted by molar-refractivity contribution is 7.09. The highest BCUT2D eigenvalue weighted by Crippen LogP contribution is 2.19. The molecular formula is C15H17N3O4S. The molecule has 0 saturated heterocycles. The lowest BCUT2D eigenvalue weighted by Crippen LogP contribution is -2.27. The van der Waals surface area contributed by atoms with Gasteiger partial charge in [-0.25, -0.2) is 4.98 Å². The van der Waals surface area contributed by atoms with Gasteiger partial charge in [-0.3, -0.25) is 14.9 Å². The number of non-ortho nitro benzene ring substituents is 1. The van der Waals surface area contributed by atoms with Crippen LogP contribution in [0.2, 0.25) is 0 Å². The summed E-state index contributed by atoms with van der Waals surface area (Å²) in [5.41, 5.74) is 0.383. The molecule has 0 spiro atoms. The van der Waals surface area contributed by atoms with Crippen LogP contribution in [0.4, 0.5) is 5.69 Å². The topological polar surface area (TPSA) is 94.4 Å². The summed E-state index contributed by atoms with van der Waals surface area (Å²) in [6.07, 6.45) is 0. The summed E-state index contributed by atoms with van der Waals surface area (Å²) < 4.78 is 5.51. The molecule has 0 bridgehead atoms. The molecule has 1 amide bonds. The Balaban J connectivity index is 1.89. The van der Waals surface area contributed by atoms with Crippen LogP contribution in [0.15, 0.2) is 29.6 Å². The van der Waals surface area contributed by atoms with Crippen LogP contribution in [-0.4, -0.2) is 22.4 Å². The predicted molar refractivity (Wildman–Crippen MR) is 86.7 cm³/mol. The highest BCUT2D eigenvalue weighted by Gasteiger charge is 2.11. The van der Waals surface area contributed by atoms with Gasteiger partial charge in [0.1, 0.15) is 23.1 Å². The lowest BCUT2D eigenvalue weighted by molar-refractivity contribution is -0.384. The van der Waals surface area contributed by atoms with Gasteiger partial charge in [-0.2, -0.15) is 0 Å². The van der Waals surface area contributed by atoms with Crippen molar-refractivity contribution in [2.75, 3.05) is 6.54 Å². The normalized spacial score (nSPS) is 10.6. The van der Waals surface area contributed by atoms with E-state index in [0.29, 0.717) is 28.9 Å². The van der Waals surface area contributed by atoms with Gasteiger partial charge in [0, 0.05) is 24.1 Å². The van der Waals surface area contributed by atoms with Gasteiger partial charge in [-0.05, 0) is 18.1 Å². The Morgan fingerprint density at radius 1 is 1.39 bits per heavy atom. The van der Waals surface area contributed by atoms with E-state index in [1.807, 2.05) is 13.8 Å². The van der Waals surface area contributed by atoms with E-state index < -0.39 is 4.92 Å². The van der Waals surface area contributed by atoms with Crippen LogP contribution < -0.4 is 10.1 Å². The first kappa shape index (κ1) is 16.9. The van der Waals surface area contributed by atoms with E-state index in [4.69, 9.17) is 4.74 Å². The van der Waals surface area contributed by atoms with Crippen LogP contribution in [0.5, 0.6) is 5.75 Å². The van der Waals surface area contributed by atoms with Crippen molar-refractivity contribution >= 4 is 22.9 Å². The number of nitrogens with one attached hydrogen (secondary N) is 1. The molecule has 2 rings (SSSR count). The van der Waals surface area contributed by atoms with Gasteiger partial charge < -0.3 is 10.1 Å². The predicted octanol–water partition coefficient (Wildman–Crippen LogP) is 3.02. The average molecular weight is 335 g/mol. The Labute approximate surface area is 137 Å². The number of nitro groups is 1. The minimum absolute atomic E-state index is 0.00992. The molecule has 0 fully saturated rings. The van der Waals surface area contributed by atoms with Gasteiger partial charge in [0.05, 0.1) is 4.92 Å². The highest BCUT2D eigenvalue weighted by atomic mass is 32.1. The number of benzene rings is 1. The van der Waals surface area contributed by atoms with Crippen LogP contribution in [-0.2, 0) is 6.61 Å². The first-order chi connectivity index (χ1) is 11.0.